The molecule has 114 valence electrons. The van der Waals surface area contributed by atoms with Crippen LogP contribution < -0.4 is 0 Å². The first-order valence-corrected chi connectivity index (χ1v) is 7.06. The molecule has 0 heterocycles. The first-order chi connectivity index (χ1) is 9.93. The van der Waals surface area contributed by atoms with Gasteiger partial charge >= 0.3 is 5.97 Å². The Kier molecular flexibility index (Phi) is 6.96. The van der Waals surface area contributed by atoms with Crippen molar-refractivity contribution in [3.05, 3.63) is 46.5 Å². The van der Waals surface area contributed by atoms with E-state index in [-0.39, 0.29) is 18.3 Å². The second-order valence-corrected chi connectivity index (χ2v) is 5.31. The van der Waals surface area contributed by atoms with Gasteiger partial charge in [-0.2, -0.15) is 0 Å². The maximum absolute atomic E-state index is 12.2. The molecule has 0 bridgehead atoms. The van der Waals surface area contributed by atoms with Gasteiger partial charge in [-0.05, 0) is 25.5 Å². The van der Waals surface area contributed by atoms with Crippen LogP contribution in [-0.2, 0) is 20.9 Å². The van der Waals surface area contributed by atoms with Crippen molar-refractivity contribution in [3.8, 4) is 0 Å². The van der Waals surface area contributed by atoms with Crippen molar-refractivity contribution >= 4 is 23.5 Å². The highest BCUT2D eigenvalue weighted by Crippen LogP contribution is 2.17. The third-order valence-electron chi connectivity index (χ3n) is 2.86. The number of halogens is 1. The molecule has 5 heteroatoms. The zero-order valence-corrected chi connectivity index (χ0v) is 13.3. The van der Waals surface area contributed by atoms with Crippen molar-refractivity contribution < 1.29 is 14.3 Å². The van der Waals surface area contributed by atoms with Crippen molar-refractivity contribution in [2.24, 2.45) is 0 Å². The highest BCUT2D eigenvalue weighted by atomic mass is 35.5. The summed E-state index contributed by atoms with van der Waals surface area (Å²) in [5.41, 5.74) is 1.75. The predicted octanol–water partition coefficient (Wildman–Crippen LogP) is 3.20. The van der Waals surface area contributed by atoms with Gasteiger partial charge in [-0.25, -0.2) is 0 Å². The van der Waals surface area contributed by atoms with E-state index in [1.165, 1.54) is 7.11 Å². The number of esters is 1. The van der Waals surface area contributed by atoms with Gasteiger partial charge in [0.1, 0.15) is 0 Å². The van der Waals surface area contributed by atoms with Gasteiger partial charge in [0.05, 0.1) is 13.5 Å². The van der Waals surface area contributed by atoms with Crippen LogP contribution in [-0.4, -0.2) is 30.4 Å². The van der Waals surface area contributed by atoms with Crippen LogP contribution in [0.25, 0.3) is 0 Å². The summed E-state index contributed by atoms with van der Waals surface area (Å²) in [4.78, 5) is 25.1. The van der Waals surface area contributed by atoms with Gasteiger partial charge < -0.3 is 9.64 Å². The van der Waals surface area contributed by atoms with Crippen molar-refractivity contribution in [1.29, 1.82) is 0 Å². The molecule has 0 aliphatic heterocycles. The summed E-state index contributed by atoms with van der Waals surface area (Å²) in [6.07, 6.45) is 1.71. The first kappa shape index (κ1) is 17.2. The first-order valence-electron chi connectivity index (χ1n) is 6.68. The highest BCUT2D eigenvalue weighted by Gasteiger charge is 2.15. The molecule has 1 amide bonds. The SMILES string of the molecule is COC(=O)CCN(Cc1ccccc1Cl)C(=O)C=C(C)C. The van der Waals surface area contributed by atoms with Gasteiger partial charge in [0.15, 0.2) is 0 Å². The Hall–Kier alpha value is -1.81. The summed E-state index contributed by atoms with van der Waals surface area (Å²) >= 11 is 6.12. The van der Waals surface area contributed by atoms with Crippen LogP contribution in [0, 0.1) is 0 Å². The molecule has 1 rings (SSSR count). The van der Waals surface area contributed by atoms with E-state index < -0.39 is 0 Å². The van der Waals surface area contributed by atoms with Crippen molar-refractivity contribution in [2.45, 2.75) is 26.8 Å². The van der Waals surface area contributed by atoms with Crippen molar-refractivity contribution in [1.82, 2.24) is 4.90 Å². The van der Waals surface area contributed by atoms with Gasteiger partial charge in [-0.1, -0.05) is 35.4 Å². The molecule has 0 atom stereocenters. The number of carbonyl (C=O) groups excluding carboxylic acids is 2. The largest absolute Gasteiger partial charge is 0.469 e. The zero-order valence-electron chi connectivity index (χ0n) is 12.6. The van der Waals surface area contributed by atoms with Gasteiger partial charge in [-0.3, -0.25) is 9.59 Å². The molecule has 0 aromatic heterocycles. The molecule has 4 nitrogen and oxygen atoms in total. The Morgan fingerprint density at radius 1 is 1.29 bits per heavy atom. The maximum Gasteiger partial charge on any atom is 0.307 e. The Balaban J connectivity index is 2.86. The standard InChI is InChI=1S/C16H20ClNO3/c1-12(2)10-15(19)18(9-8-16(20)21-3)11-13-6-4-5-7-14(13)17/h4-7,10H,8-9,11H2,1-3H3. The zero-order chi connectivity index (χ0) is 15.8. The van der Waals surface area contributed by atoms with E-state index in [1.807, 2.05) is 32.0 Å². The quantitative estimate of drug-likeness (QED) is 0.599. The van der Waals surface area contributed by atoms with Gasteiger partial charge in [0.2, 0.25) is 5.91 Å². The number of amides is 1. The lowest BCUT2D eigenvalue weighted by Crippen LogP contribution is -2.31. The molecule has 0 spiro atoms. The summed E-state index contributed by atoms with van der Waals surface area (Å²) in [5.74, 6) is -0.483. The third-order valence-corrected chi connectivity index (χ3v) is 3.23. The molecule has 0 saturated heterocycles. The molecule has 0 N–H and O–H groups in total. The minimum absolute atomic E-state index is 0.140. The fourth-order valence-corrected chi connectivity index (χ4v) is 1.96. The summed E-state index contributed by atoms with van der Waals surface area (Å²) in [6.45, 7) is 4.36. The van der Waals surface area contributed by atoms with Crippen LogP contribution in [0.4, 0.5) is 0 Å². The maximum atomic E-state index is 12.2. The lowest BCUT2D eigenvalue weighted by atomic mass is 10.2. The average Bonchev–Trinajstić information content (AvgIpc) is 2.44. The topological polar surface area (TPSA) is 46.6 Å². The van der Waals surface area contributed by atoms with E-state index in [1.54, 1.807) is 17.0 Å². The normalized spacial score (nSPS) is 9.90. The van der Waals surface area contributed by atoms with Crippen LogP contribution in [0.2, 0.25) is 5.02 Å². The molecule has 1 aromatic rings. The number of hydrogen-bond donors (Lipinski definition) is 0. The fraction of sp³-hybridized carbons (Fsp3) is 0.375. The molecular formula is C16H20ClNO3. The number of nitrogens with zero attached hydrogens (tertiary/aromatic N) is 1. The Labute approximate surface area is 130 Å². The van der Waals surface area contributed by atoms with Crippen molar-refractivity contribution in [2.75, 3.05) is 13.7 Å². The lowest BCUT2D eigenvalue weighted by molar-refractivity contribution is -0.141. The predicted molar refractivity (Wildman–Crippen MR) is 82.9 cm³/mol. The Morgan fingerprint density at radius 2 is 1.95 bits per heavy atom. The van der Waals surface area contributed by atoms with Crippen LogP contribution in [0.5, 0.6) is 0 Å². The summed E-state index contributed by atoms with van der Waals surface area (Å²) in [5, 5.41) is 0.602. The van der Waals surface area contributed by atoms with E-state index in [0.29, 0.717) is 18.1 Å². The average molecular weight is 310 g/mol. The summed E-state index contributed by atoms with van der Waals surface area (Å²) < 4.78 is 4.62. The van der Waals surface area contributed by atoms with E-state index in [2.05, 4.69) is 4.74 Å². The number of allylic oxidation sites excluding steroid dienone is 1. The molecule has 0 aliphatic rings. The van der Waals surface area contributed by atoms with E-state index in [9.17, 15) is 9.59 Å². The van der Waals surface area contributed by atoms with Crippen LogP contribution in [0.3, 0.4) is 0 Å². The summed E-state index contributed by atoms with van der Waals surface area (Å²) in [7, 11) is 1.33. The summed E-state index contributed by atoms with van der Waals surface area (Å²) in [6, 6.07) is 7.34. The molecule has 0 radical (unpaired) electrons. The number of rotatable bonds is 6. The second kappa shape index (κ2) is 8.47. The van der Waals surface area contributed by atoms with Crippen LogP contribution in [0.15, 0.2) is 35.9 Å². The lowest BCUT2D eigenvalue weighted by Gasteiger charge is -2.21. The van der Waals surface area contributed by atoms with Gasteiger partial charge in [0.25, 0.3) is 0 Å². The highest BCUT2D eigenvalue weighted by molar-refractivity contribution is 6.31. The minimum Gasteiger partial charge on any atom is -0.469 e. The second-order valence-electron chi connectivity index (χ2n) is 4.90. The molecule has 0 aliphatic carbocycles. The number of methoxy groups -OCH3 is 1. The molecule has 0 fully saturated rings. The molecule has 21 heavy (non-hydrogen) atoms. The monoisotopic (exact) mass is 309 g/mol. The smallest absolute Gasteiger partial charge is 0.307 e. The van der Waals surface area contributed by atoms with Gasteiger partial charge in [-0.15, -0.1) is 0 Å². The van der Waals surface area contributed by atoms with E-state index in [4.69, 9.17) is 11.6 Å². The number of hydrogen-bond acceptors (Lipinski definition) is 3. The van der Waals surface area contributed by atoms with Crippen LogP contribution in [0.1, 0.15) is 25.8 Å². The van der Waals surface area contributed by atoms with Crippen molar-refractivity contribution in [3.63, 3.8) is 0 Å². The third kappa shape index (κ3) is 6.00. The molecule has 0 unspecified atom stereocenters. The van der Waals surface area contributed by atoms with Crippen LogP contribution >= 0.6 is 11.6 Å². The number of benzene rings is 1. The molecule has 0 saturated carbocycles. The van der Waals surface area contributed by atoms with E-state index >= 15 is 0 Å². The Morgan fingerprint density at radius 3 is 2.52 bits per heavy atom. The minimum atomic E-state index is -0.343. The fourth-order valence-electron chi connectivity index (χ4n) is 1.77. The van der Waals surface area contributed by atoms with Gasteiger partial charge in [0, 0.05) is 24.2 Å². The Bertz CT molecular complexity index is 536. The molecular weight excluding hydrogens is 290 g/mol. The number of carbonyl (C=O) groups is 2. The molecule has 1 aromatic carbocycles. The van der Waals surface area contributed by atoms with E-state index in [0.717, 1.165) is 11.1 Å². The number of ether oxygens (including phenoxy) is 1.